The van der Waals surface area contributed by atoms with Gasteiger partial charge in [-0.3, -0.25) is 14.7 Å². The molecule has 136 heavy (non-hydrogen) atoms. The Morgan fingerprint density at radius 3 is 1.00 bits per heavy atom. The van der Waals surface area contributed by atoms with Crippen molar-refractivity contribution >= 4 is 0 Å². The molecule has 0 bridgehead atoms. The molecule has 7 nitrogen and oxygen atoms in total. The summed E-state index contributed by atoms with van der Waals surface area (Å²) >= 11 is 0. The van der Waals surface area contributed by atoms with E-state index in [9.17, 15) is 0 Å². The largest absolute Gasteiger partial charge is 0.310 e. The standard InChI is InChI=1S/C26H35N.C23H38N2.C22H29N.C20H31N.2C19H31N/c1-20(2)18-26(19-22(4)23-12-10-21(3)11-13-23)27-16-14-25(15-17-27)24-8-6-5-7-9-24;1-18(2)15-23(16-21(6)22-9-7-20(5)8-10-22)25-13-11-24(12-14-25)17-19(3)4;1-17(2)14-22(23-16-20-8-6-5-7-9-20)15-19(4)21-12-10-18(3)11-13-21;1-16(2)14-20(21-12-6-5-7-13-21)15-18(4)19-10-8-17(3)9-11-19;1-14(2)10-19(20-13-15(3)4)12-17(6)18-9-7-8-16(5)11-18;1-14(2)11-18(20-13-15(3)4)12-17(6)19-10-8-7-9-16(19)5/h5-13,18,22,25-26H,14-17,19H2,1-4H3;7-10,15,19,21,23H,11-14,16-17H2,1-6H3;5-14,19,22-23H,15-16H2,1-4H3;8-11,14,18,20H,5-7,12-13,15H2,1-4H3;7-11,15,17,19-20H,12-13H2,1-6H3;7-11,15,17-18,20H,12-13H2,1-6H3/t22-,26?;21-,23?;19-,22?;18-,20?;17-,19?;17-,18?/m000000/s1. The van der Waals surface area contributed by atoms with Gasteiger partial charge in [0.2, 0.25) is 0 Å². The van der Waals surface area contributed by atoms with Crippen LogP contribution in [0, 0.1) is 59.3 Å². The van der Waals surface area contributed by atoms with Crippen molar-refractivity contribution in [2.75, 3.05) is 72.0 Å². The molecule has 3 heterocycles. The van der Waals surface area contributed by atoms with E-state index in [-0.39, 0.29) is 0 Å². The Kier molecular flexibility index (Phi) is 54.5. The quantitative estimate of drug-likeness (QED) is 0.0332. The van der Waals surface area contributed by atoms with Gasteiger partial charge in [-0.1, -0.05) is 393 Å². The SMILES string of the molecule is CC(C)=CC(C[C@H](C)c1ccc(C)cc1)N1CCC(c2ccccc2)CC1.CC(C)=CC(C[C@H](C)c1ccc(C)cc1)N1CCCCC1.CC(C)=CC(C[C@H](C)c1ccc(C)cc1)N1CCN(CC(C)C)CC1.CC(C)=CC(C[C@H](C)c1ccc(C)cc1)NCc1ccccc1.CC(C)=CC(C[C@H](C)c1cccc(C)c1)NCC(C)C.CC(C)=CC(C[C@H](C)c1ccccc1C)NCC(C)C. The normalized spacial score (nSPS) is 16.4. The Hall–Kier alpha value is -8.08. The maximum atomic E-state index is 3.70. The summed E-state index contributed by atoms with van der Waals surface area (Å²) in [6.07, 6.45) is 28.3. The van der Waals surface area contributed by atoms with Gasteiger partial charge in [-0.2, -0.15) is 0 Å². The molecule has 0 aromatic heterocycles. The molecular formula is C129H195N7. The van der Waals surface area contributed by atoms with Crippen LogP contribution in [-0.4, -0.2) is 128 Å². The van der Waals surface area contributed by atoms with Gasteiger partial charge in [0.05, 0.1) is 0 Å². The molecule has 3 aliphatic rings. The number of nitrogens with zero attached hydrogens (tertiary/aromatic N) is 4. The van der Waals surface area contributed by atoms with Crippen molar-refractivity contribution in [1.29, 1.82) is 0 Å². The number of piperazine rings is 1. The monoisotopic (exact) mass is 1840 g/mol. The van der Waals surface area contributed by atoms with Crippen LogP contribution in [0.2, 0.25) is 0 Å². The molecule has 6 unspecified atom stereocenters. The second kappa shape index (κ2) is 63.6. The molecule has 3 saturated heterocycles. The van der Waals surface area contributed by atoms with Gasteiger partial charge >= 0.3 is 0 Å². The second-order valence-electron chi connectivity index (χ2n) is 44.2. The molecule has 11 rings (SSSR count). The molecular weight excluding hydrogens is 1650 g/mol. The fraction of sp³-hybridized carbons (Fsp3) is 0.535. The van der Waals surface area contributed by atoms with E-state index >= 15 is 0 Å². The fourth-order valence-corrected chi connectivity index (χ4v) is 19.6. The first kappa shape index (κ1) is 117. The van der Waals surface area contributed by atoms with E-state index in [0.717, 1.165) is 50.7 Å². The van der Waals surface area contributed by atoms with Crippen LogP contribution < -0.4 is 16.0 Å². The highest BCUT2D eigenvalue weighted by Crippen LogP contribution is 2.35. The Balaban J connectivity index is 0.000000252. The van der Waals surface area contributed by atoms with Gasteiger partial charge in [-0.15, -0.1) is 0 Å². The zero-order valence-corrected chi connectivity index (χ0v) is 91.9. The predicted octanol–water partition coefficient (Wildman–Crippen LogP) is 32.9. The molecule has 8 aromatic carbocycles. The summed E-state index contributed by atoms with van der Waals surface area (Å²) in [4.78, 5) is 10.7. The van der Waals surface area contributed by atoms with Crippen LogP contribution >= 0.6 is 0 Å². The zero-order valence-electron chi connectivity index (χ0n) is 91.9. The minimum absolute atomic E-state index is 0.400. The molecule has 3 N–H and O–H groups in total. The fourth-order valence-electron chi connectivity index (χ4n) is 19.6. The van der Waals surface area contributed by atoms with Crippen molar-refractivity contribution in [2.24, 2.45) is 17.8 Å². The maximum Gasteiger partial charge on any atom is 0.0287 e. The predicted molar refractivity (Wildman–Crippen MR) is 602 cm³/mol. The second-order valence-corrected chi connectivity index (χ2v) is 44.2. The van der Waals surface area contributed by atoms with Crippen LogP contribution in [0.25, 0.3) is 0 Å². The molecule has 8 aromatic rings. The molecule has 0 amide bonds. The minimum atomic E-state index is 0.400. The lowest BCUT2D eigenvalue weighted by Crippen LogP contribution is -2.50. The summed E-state index contributed by atoms with van der Waals surface area (Å²) in [5.74, 6) is 6.37. The maximum absolute atomic E-state index is 3.70. The lowest BCUT2D eigenvalue weighted by atomic mass is 9.87. The van der Waals surface area contributed by atoms with Crippen LogP contribution in [0.1, 0.15) is 356 Å². The van der Waals surface area contributed by atoms with Crippen LogP contribution in [0.4, 0.5) is 0 Å². The third-order valence-corrected chi connectivity index (χ3v) is 27.3. The van der Waals surface area contributed by atoms with Crippen LogP contribution in [0.15, 0.2) is 276 Å². The number of benzene rings is 8. The van der Waals surface area contributed by atoms with Crippen molar-refractivity contribution < 1.29 is 0 Å². The molecule has 7 heteroatoms. The van der Waals surface area contributed by atoms with E-state index in [4.69, 9.17) is 0 Å². The van der Waals surface area contributed by atoms with Crippen molar-refractivity contribution in [3.63, 3.8) is 0 Å². The number of likely N-dealkylation sites (tertiary alicyclic amines) is 2. The van der Waals surface area contributed by atoms with E-state index in [0.29, 0.717) is 83.6 Å². The highest BCUT2D eigenvalue weighted by atomic mass is 15.3. The van der Waals surface area contributed by atoms with E-state index in [1.807, 2.05) is 0 Å². The number of rotatable bonds is 39. The van der Waals surface area contributed by atoms with E-state index in [2.05, 4.69) is 486 Å². The van der Waals surface area contributed by atoms with Crippen molar-refractivity contribution in [3.05, 3.63) is 354 Å². The average molecular weight is 1840 g/mol. The van der Waals surface area contributed by atoms with Gasteiger partial charge < -0.3 is 20.9 Å². The van der Waals surface area contributed by atoms with Gasteiger partial charge in [-0.05, 0) is 337 Å². The molecule has 3 aliphatic heterocycles. The van der Waals surface area contributed by atoms with Crippen LogP contribution in [-0.2, 0) is 6.54 Å². The summed E-state index contributed by atoms with van der Waals surface area (Å²) in [5.41, 5.74) is 28.2. The summed E-state index contributed by atoms with van der Waals surface area (Å²) in [5, 5.41) is 11.1. The molecule has 0 aliphatic carbocycles. The van der Waals surface area contributed by atoms with E-state index in [1.165, 1.54) is 222 Å². The number of hydrogen-bond acceptors (Lipinski definition) is 7. The first-order valence-corrected chi connectivity index (χ1v) is 53.3. The van der Waals surface area contributed by atoms with Gasteiger partial charge in [0.1, 0.15) is 0 Å². The Morgan fingerprint density at radius 1 is 0.294 bits per heavy atom. The van der Waals surface area contributed by atoms with E-state index in [1.54, 1.807) is 0 Å². The van der Waals surface area contributed by atoms with Crippen molar-refractivity contribution in [1.82, 2.24) is 35.6 Å². The highest BCUT2D eigenvalue weighted by molar-refractivity contribution is 5.33. The molecule has 3 fully saturated rings. The molecule has 0 spiro atoms. The molecule has 746 valence electrons. The number of allylic oxidation sites excluding steroid dienone is 6. The number of hydrogen-bond donors (Lipinski definition) is 3. The zero-order chi connectivity index (χ0) is 99.8. The smallest absolute Gasteiger partial charge is 0.0287 e. The van der Waals surface area contributed by atoms with Gasteiger partial charge in [0.15, 0.2) is 0 Å². The number of piperidine rings is 2. The molecule has 0 saturated carbocycles. The average Bonchev–Trinajstić information content (AvgIpc) is 0.844. The summed E-state index contributed by atoms with van der Waals surface area (Å²) < 4.78 is 0. The summed E-state index contributed by atoms with van der Waals surface area (Å²) in [6, 6.07) is 78.6. The van der Waals surface area contributed by atoms with Gasteiger partial charge in [0, 0.05) is 75.5 Å². The molecule has 12 atom stereocenters. The first-order chi connectivity index (χ1) is 64.7. The summed E-state index contributed by atoms with van der Waals surface area (Å²) in [7, 11) is 0. The summed E-state index contributed by atoms with van der Waals surface area (Å²) in [6.45, 7) is 81.4. The minimum Gasteiger partial charge on any atom is -0.310 e. The highest BCUT2D eigenvalue weighted by Gasteiger charge is 2.29. The number of aryl methyl sites for hydroxylation is 6. The van der Waals surface area contributed by atoms with E-state index < -0.39 is 0 Å². The Bertz CT molecular complexity index is 4700. The Morgan fingerprint density at radius 2 is 0.632 bits per heavy atom. The third kappa shape index (κ3) is 47.3. The van der Waals surface area contributed by atoms with Gasteiger partial charge in [-0.25, -0.2) is 0 Å². The molecule has 0 radical (unpaired) electrons. The lowest BCUT2D eigenvalue weighted by molar-refractivity contribution is 0.0984. The Labute approximate surface area is 836 Å². The first-order valence-electron chi connectivity index (χ1n) is 53.3. The van der Waals surface area contributed by atoms with Crippen LogP contribution in [0.5, 0.6) is 0 Å². The topological polar surface area (TPSA) is 49.1 Å². The van der Waals surface area contributed by atoms with Crippen molar-refractivity contribution in [3.8, 4) is 0 Å². The number of nitrogens with one attached hydrogen (secondary N) is 3. The van der Waals surface area contributed by atoms with Gasteiger partial charge in [0.25, 0.3) is 0 Å². The van der Waals surface area contributed by atoms with Crippen LogP contribution in [0.3, 0.4) is 0 Å². The third-order valence-electron chi connectivity index (χ3n) is 27.3. The lowest BCUT2D eigenvalue weighted by Gasteiger charge is -2.40. The van der Waals surface area contributed by atoms with Crippen molar-refractivity contribution in [2.45, 2.75) is 363 Å².